The molecule has 0 spiro atoms. The topological polar surface area (TPSA) is 75.1 Å². The Morgan fingerprint density at radius 3 is 2.78 bits per heavy atom. The summed E-state index contributed by atoms with van der Waals surface area (Å²) in [5.74, 6) is -0.435. The summed E-state index contributed by atoms with van der Waals surface area (Å²) in [6.45, 7) is 1.79. The van der Waals surface area contributed by atoms with Crippen molar-refractivity contribution in [1.82, 2.24) is 9.97 Å². The molecule has 1 amide bonds. The Morgan fingerprint density at radius 2 is 2.11 bits per heavy atom. The van der Waals surface area contributed by atoms with Gasteiger partial charge in [0.1, 0.15) is 10.9 Å². The van der Waals surface area contributed by atoms with E-state index >= 15 is 0 Å². The molecule has 0 unspecified atom stereocenters. The Labute approximate surface area is 108 Å². The minimum Gasteiger partial charge on any atom is -0.506 e. The van der Waals surface area contributed by atoms with Gasteiger partial charge in [0.15, 0.2) is 0 Å². The van der Waals surface area contributed by atoms with Crippen LogP contribution in [-0.4, -0.2) is 21.0 Å². The third-order valence-corrected chi connectivity index (χ3v) is 2.65. The molecule has 6 heteroatoms. The SMILES string of the molecule is Cc1cc(NC(=O)c2cncc(O)c2)cnc1Cl. The standard InChI is InChI=1S/C12H10ClN3O2/c1-7-2-9(5-15-11(7)13)16-12(18)8-3-10(17)6-14-4-8/h2-6,17H,1H3,(H,16,18). The first-order chi connectivity index (χ1) is 8.56. The number of anilines is 1. The van der Waals surface area contributed by atoms with Crippen molar-refractivity contribution in [3.05, 3.63) is 47.0 Å². The van der Waals surface area contributed by atoms with E-state index in [1.165, 1.54) is 24.7 Å². The Balaban J connectivity index is 2.18. The molecule has 0 aliphatic rings. The summed E-state index contributed by atoms with van der Waals surface area (Å²) < 4.78 is 0. The highest BCUT2D eigenvalue weighted by atomic mass is 35.5. The van der Waals surface area contributed by atoms with Crippen molar-refractivity contribution in [2.75, 3.05) is 5.32 Å². The summed E-state index contributed by atoms with van der Waals surface area (Å²) in [5.41, 5.74) is 1.57. The monoisotopic (exact) mass is 263 g/mol. The van der Waals surface area contributed by atoms with Crippen molar-refractivity contribution in [3.8, 4) is 5.75 Å². The number of aromatic hydroxyl groups is 1. The molecule has 2 rings (SSSR count). The second-order valence-electron chi connectivity index (χ2n) is 3.72. The molecule has 0 atom stereocenters. The van der Waals surface area contributed by atoms with Gasteiger partial charge in [-0.15, -0.1) is 0 Å². The molecular formula is C12H10ClN3O2. The number of hydrogen-bond acceptors (Lipinski definition) is 4. The zero-order valence-corrected chi connectivity index (χ0v) is 10.3. The van der Waals surface area contributed by atoms with Crippen molar-refractivity contribution in [3.63, 3.8) is 0 Å². The van der Waals surface area contributed by atoms with Crippen LogP contribution < -0.4 is 5.32 Å². The highest BCUT2D eigenvalue weighted by molar-refractivity contribution is 6.30. The molecule has 0 saturated carbocycles. The van der Waals surface area contributed by atoms with Gasteiger partial charge < -0.3 is 10.4 Å². The lowest BCUT2D eigenvalue weighted by atomic mass is 10.2. The highest BCUT2D eigenvalue weighted by Gasteiger charge is 2.08. The fourth-order valence-electron chi connectivity index (χ4n) is 1.38. The van der Waals surface area contributed by atoms with E-state index in [1.807, 2.05) is 0 Å². The maximum Gasteiger partial charge on any atom is 0.257 e. The predicted octanol–water partition coefficient (Wildman–Crippen LogP) is 2.40. The van der Waals surface area contributed by atoms with E-state index in [0.717, 1.165) is 5.56 Å². The number of carbonyl (C=O) groups excluding carboxylic acids is 1. The van der Waals surface area contributed by atoms with E-state index in [4.69, 9.17) is 11.6 Å². The average Bonchev–Trinajstić information content (AvgIpc) is 2.34. The average molecular weight is 264 g/mol. The van der Waals surface area contributed by atoms with E-state index in [-0.39, 0.29) is 17.2 Å². The van der Waals surface area contributed by atoms with Crippen molar-refractivity contribution in [1.29, 1.82) is 0 Å². The van der Waals surface area contributed by atoms with E-state index < -0.39 is 0 Å². The van der Waals surface area contributed by atoms with Gasteiger partial charge in [0, 0.05) is 6.20 Å². The molecule has 0 aliphatic carbocycles. The fraction of sp³-hybridized carbons (Fsp3) is 0.0833. The Morgan fingerprint density at radius 1 is 1.33 bits per heavy atom. The number of nitrogens with zero attached hydrogens (tertiary/aromatic N) is 2. The minimum atomic E-state index is -0.373. The van der Waals surface area contributed by atoms with Gasteiger partial charge >= 0.3 is 0 Å². The van der Waals surface area contributed by atoms with Crippen molar-refractivity contribution in [2.45, 2.75) is 6.92 Å². The lowest BCUT2D eigenvalue weighted by Crippen LogP contribution is -2.12. The molecule has 2 heterocycles. The second-order valence-corrected chi connectivity index (χ2v) is 4.08. The van der Waals surface area contributed by atoms with Crippen LogP contribution in [0.1, 0.15) is 15.9 Å². The summed E-state index contributed by atoms with van der Waals surface area (Å²) in [4.78, 5) is 19.5. The van der Waals surface area contributed by atoms with Crippen molar-refractivity contribution in [2.24, 2.45) is 0 Å². The number of aromatic nitrogens is 2. The molecule has 0 aliphatic heterocycles. The van der Waals surface area contributed by atoms with E-state index in [1.54, 1.807) is 13.0 Å². The first-order valence-corrected chi connectivity index (χ1v) is 5.51. The van der Waals surface area contributed by atoms with Crippen LogP contribution >= 0.6 is 11.6 Å². The maximum absolute atomic E-state index is 11.8. The van der Waals surface area contributed by atoms with Crippen molar-refractivity contribution >= 4 is 23.2 Å². The van der Waals surface area contributed by atoms with Gasteiger partial charge in [0.25, 0.3) is 5.91 Å². The van der Waals surface area contributed by atoms with E-state index in [2.05, 4.69) is 15.3 Å². The van der Waals surface area contributed by atoms with Crippen molar-refractivity contribution < 1.29 is 9.90 Å². The number of rotatable bonds is 2. The van der Waals surface area contributed by atoms with Crippen LogP contribution in [0, 0.1) is 6.92 Å². The van der Waals surface area contributed by atoms with Crippen LogP contribution in [0.5, 0.6) is 5.75 Å². The summed E-state index contributed by atoms with van der Waals surface area (Å²) in [7, 11) is 0. The summed E-state index contributed by atoms with van der Waals surface area (Å²) >= 11 is 5.79. The van der Waals surface area contributed by atoms with Crippen LogP contribution in [0.4, 0.5) is 5.69 Å². The van der Waals surface area contributed by atoms with Gasteiger partial charge in [0.2, 0.25) is 0 Å². The summed E-state index contributed by atoms with van der Waals surface area (Å²) in [6, 6.07) is 3.04. The number of halogens is 1. The fourth-order valence-corrected chi connectivity index (χ4v) is 1.49. The third-order valence-electron chi connectivity index (χ3n) is 2.26. The Bertz CT molecular complexity index is 602. The Kier molecular flexibility index (Phi) is 3.43. The number of hydrogen-bond donors (Lipinski definition) is 2. The van der Waals surface area contributed by atoms with Gasteiger partial charge in [-0.05, 0) is 24.6 Å². The molecule has 0 bridgehead atoms. The zero-order valence-electron chi connectivity index (χ0n) is 9.51. The van der Waals surface area contributed by atoms with Gasteiger partial charge in [0.05, 0.1) is 23.6 Å². The molecular weight excluding hydrogens is 254 g/mol. The number of amides is 1. The second kappa shape index (κ2) is 5.01. The number of carbonyl (C=O) groups is 1. The number of pyridine rings is 2. The first-order valence-electron chi connectivity index (χ1n) is 5.14. The van der Waals surface area contributed by atoms with Gasteiger partial charge in [-0.2, -0.15) is 0 Å². The maximum atomic E-state index is 11.8. The molecule has 0 saturated heterocycles. The molecule has 5 nitrogen and oxygen atoms in total. The number of aryl methyl sites for hydroxylation is 1. The van der Waals surface area contributed by atoms with Crippen LogP contribution in [0.2, 0.25) is 5.15 Å². The van der Waals surface area contributed by atoms with E-state index in [0.29, 0.717) is 10.8 Å². The van der Waals surface area contributed by atoms with Gasteiger partial charge in [-0.25, -0.2) is 4.98 Å². The lowest BCUT2D eigenvalue weighted by Gasteiger charge is -2.06. The molecule has 2 aromatic heterocycles. The van der Waals surface area contributed by atoms with E-state index in [9.17, 15) is 9.90 Å². The molecule has 0 radical (unpaired) electrons. The molecule has 92 valence electrons. The largest absolute Gasteiger partial charge is 0.506 e. The Hall–Kier alpha value is -2.14. The smallest absolute Gasteiger partial charge is 0.257 e. The predicted molar refractivity (Wildman–Crippen MR) is 67.8 cm³/mol. The highest BCUT2D eigenvalue weighted by Crippen LogP contribution is 2.17. The molecule has 0 fully saturated rings. The molecule has 0 aromatic carbocycles. The molecule has 18 heavy (non-hydrogen) atoms. The normalized spacial score (nSPS) is 10.1. The van der Waals surface area contributed by atoms with Crippen LogP contribution in [0.25, 0.3) is 0 Å². The third kappa shape index (κ3) is 2.75. The van der Waals surface area contributed by atoms with Gasteiger partial charge in [-0.1, -0.05) is 11.6 Å². The molecule has 2 N–H and O–H groups in total. The molecule has 2 aromatic rings. The lowest BCUT2D eigenvalue weighted by molar-refractivity contribution is 0.102. The van der Waals surface area contributed by atoms with Crippen LogP contribution in [0.3, 0.4) is 0 Å². The number of nitrogens with one attached hydrogen (secondary N) is 1. The first kappa shape index (κ1) is 12.3. The minimum absolute atomic E-state index is 0.0620. The summed E-state index contributed by atoms with van der Waals surface area (Å²) in [5, 5.41) is 12.3. The van der Waals surface area contributed by atoms with Gasteiger partial charge in [-0.3, -0.25) is 9.78 Å². The zero-order chi connectivity index (χ0) is 13.1. The van der Waals surface area contributed by atoms with Crippen LogP contribution in [-0.2, 0) is 0 Å². The van der Waals surface area contributed by atoms with Crippen LogP contribution in [0.15, 0.2) is 30.7 Å². The quantitative estimate of drug-likeness (QED) is 0.816. The summed E-state index contributed by atoms with van der Waals surface area (Å²) in [6.07, 6.45) is 4.08.